The van der Waals surface area contributed by atoms with E-state index in [-0.39, 0.29) is 35.8 Å². The first-order valence-corrected chi connectivity index (χ1v) is 9.91. The van der Waals surface area contributed by atoms with Crippen molar-refractivity contribution in [2.45, 2.75) is 32.2 Å². The molecule has 1 atom stereocenters. The van der Waals surface area contributed by atoms with Gasteiger partial charge in [0.15, 0.2) is 5.96 Å². The third-order valence-corrected chi connectivity index (χ3v) is 4.97. The van der Waals surface area contributed by atoms with Crippen LogP contribution in [0.2, 0.25) is 0 Å². The van der Waals surface area contributed by atoms with Gasteiger partial charge in [0.25, 0.3) is 0 Å². The van der Waals surface area contributed by atoms with E-state index in [1.165, 1.54) is 0 Å². The first kappa shape index (κ1) is 25.1. The first-order valence-electron chi connectivity index (χ1n) is 9.91. The van der Waals surface area contributed by atoms with Crippen molar-refractivity contribution >= 4 is 35.6 Å². The average Bonchev–Trinajstić information content (AvgIpc) is 3.20. The second-order valence-electron chi connectivity index (χ2n) is 7.10. The summed E-state index contributed by atoms with van der Waals surface area (Å²) >= 11 is 0. The Bertz CT molecular complexity index is 837. The van der Waals surface area contributed by atoms with Crippen molar-refractivity contribution in [1.82, 2.24) is 10.6 Å². The van der Waals surface area contributed by atoms with Crippen LogP contribution in [0.1, 0.15) is 17.5 Å². The molecule has 0 aromatic heterocycles. The van der Waals surface area contributed by atoms with Crippen molar-refractivity contribution < 1.29 is 18.3 Å². The monoisotopic (exact) mass is 546 g/mol. The Labute approximate surface area is 199 Å². The van der Waals surface area contributed by atoms with E-state index in [1.54, 1.807) is 32.4 Å². The highest BCUT2D eigenvalue weighted by molar-refractivity contribution is 14.0. The molecular formula is C22H29F2IN4O2. The van der Waals surface area contributed by atoms with Crippen LogP contribution in [-0.2, 0) is 17.9 Å². The number of rotatable bonds is 8. The van der Waals surface area contributed by atoms with Gasteiger partial charge in [0.05, 0.1) is 12.3 Å². The molecular weight excluding hydrogens is 517 g/mol. The van der Waals surface area contributed by atoms with Gasteiger partial charge in [0, 0.05) is 39.8 Å². The fraction of sp³-hybridized carbons (Fsp3) is 0.409. The lowest BCUT2D eigenvalue weighted by Gasteiger charge is -2.22. The molecule has 1 fully saturated rings. The number of para-hydroxylation sites is 2. The van der Waals surface area contributed by atoms with Crippen molar-refractivity contribution in [1.29, 1.82) is 0 Å². The number of ether oxygens (including phenoxy) is 2. The molecule has 2 aromatic carbocycles. The number of benzene rings is 2. The molecule has 170 valence electrons. The summed E-state index contributed by atoms with van der Waals surface area (Å²) in [5.41, 5.74) is 2.95. The maximum absolute atomic E-state index is 12.7. The van der Waals surface area contributed by atoms with Crippen LogP contribution in [0.3, 0.4) is 0 Å². The molecule has 6 nitrogen and oxygen atoms in total. The van der Waals surface area contributed by atoms with Crippen molar-refractivity contribution in [2.24, 2.45) is 4.99 Å². The van der Waals surface area contributed by atoms with Gasteiger partial charge in [0.1, 0.15) is 5.75 Å². The summed E-state index contributed by atoms with van der Waals surface area (Å²) in [4.78, 5) is 6.35. The zero-order valence-corrected chi connectivity index (χ0v) is 20.0. The molecule has 1 aliphatic heterocycles. The lowest BCUT2D eigenvalue weighted by atomic mass is 10.1. The van der Waals surface area contributed by atoms with Crippen LogP contribution in [0.15, 0.2) is 53.5 Å². The Kier molecular flexibility index (Phi) is 10.3. The maximum atomic E-state index is 12.7. The van der Waals surface area contributed by atoms with E-state index in [0.29, 0.717) is 31.3 Å². The molecule has 1 saturated heterocycles. The number of hydrogen-bond donors (Lipinski definition) is 2. The van der Waals surface area contributed by atoms with Gasteiger partial charge in [-0.3, -0.25) is 4.99 Å². The van der Waals surface area contributed by atoms with Crippen LogP contribution < -0.4 is 20.3 Å². The highest BCUT2D eigenvalue weighted by atomic mass is 127. The van der Waals surface area contributed by atoms with Crippen molar-refractivity contribution in [3.05, 3.63) is 59.7 Å². The zero-order valence-electron chi connectivity index (χ0n) is 17.7. The number of guanidine groups is 1. The van der Waals surface area contributed by atoms with Gasteiger partial charge in [-0.2, -0.15) is 8.78 Å². The molecule has 0 bridgehead atoms. The van der Waals surface area contributed by atoms with Gasteiger partial charge in [-0.25, -0.2) is 0 Å². The number of methoxy groups -OCH3 is 1. The highest BCUT2D eigenvalue weighted by Crippen LogP contribution is 2.31. The van der Waals surface area contributed by atoms with Crippen molar-refractivity contribution in [3.8, 4) is 5.75 Å². The van der Waals surface area contributed by atoms with E-state index in [2.05, 4.69) is 37.4 Å². The molecule has 0 spiro atoms. The molecule has 0 saturated carbocycles. The molecule has 1 aliphatic rings. The lowest BCUT2D eigenvalue weighted by molar-refractivity contribution is -0.0495. The molecule has 2 aromatic rings. The van der Waals surface area contributed by atoms with Gasteiger partial charge >= 0.3 is 6.61 Å². The SMILES string of the molecule is CN=C(NCc1ccc(COC)cc1)NC1CCN(c2ccccc2OC(F)F)C1.I. The molecule has 9 heteroatoms. The number of anilines is 1. The number of hydrogen-bond acceptors (Lipinski definition) is 4. The first-order chi connectivity index (χ1) is 14.6. The van der Waals surface area contributed by atoms with Crippen LogP contribution in [0.25, 0.3) is 0 Å². The summed E-state index contributed by atoms with van der Waals surface area (Å²) in [6, 6.07) is 15.3. The van der Waals surface area contributed by atoms with E-state index >= 15 is 0 Å². The Morgan fingerprint density at radius 3 is 2.55 bits per heavy atom. The summed E-state index contributed by atoms with van der Waals surface area (Å²) in [6.07, 6.45) is 0.870. The maximum Gasteiger partial charge on any atom is 0.387 e. The minimum Gasteiger partial charge on any atom is -0.433 e. The summed E-state index contributed by atoms with van der Waals surface area (Å²) in [5, 5.41) is 6.74. The normalized spacial score (nSPS) is 16.2. The van der Waals surface area contributed by atoms with Gasteiger partial charge in [-0.05, 0) is 29.7 Å². The minimum absolute atomic E-state index is 0. The Morgan fingerprint density at radius 2 is 1.87 bits per heavy atom. The quantitative estimate of drug-likeness (QED) is 0.298. The van der Waals surface area contributed by atoms with Crippen LogP contribution in [-0.4, -0.2) is 45.9 Å². The van der Waals surface area contributed by atoms with E-state index in [9.17, 15) is 8.78 Å². The standard InChI is InChI=1S/C22H28F2N4O2.HI/c1-25-22(26-13-16-7-9-17(10-8-16)15-29-2)27-18-11-12-28(14-18)19-5-3-4-6-20(19)30-21(23)24;/h3-10,18,21H,11-15H2,1-2H3,(H2,25,26,27);1H. The zero-order chi connectivity index (χ0) is 21.3. The smallest absolute Gasteiger partial charge is 0.387 e. The van der Waals surface area contributed by atoms with Crippen LogP contribution in [0, 0.1) is 0 Å². The van der Waals surface area contributed by atoms with Crippen molar-refractivity contribution in [3.63, 3.8) is 0 Å². The number of halogens is 3. The van der Waals surface area contributed by atoms with E-state index in [4.69, 9.17) is 4.74 Å². The molecule has 0 amide bonds. The number of nitrogens with zero attached hydrogens (tertiary/aromatic N) is 2. The predicted molar refractivity (Wildman–Crippen MR) is 130 cm³/mol. The van der Waals surface area contributed by atoms with Crippen LogP contribution in [0.5, 0.6) is 5.75 Å². The molecule has 1 heterocycles. The average molecular weight is 546 g/mol. The van der Waals surface area contributed by atoms with Gasteiger partial charge in [0.2, 0.25) is 0 Å². The molecule has 31 heavy (non-hydrogen) atoms. The summed E-state index contributed by atoms with van der Waals surface area (Å²) < 4.78 is 35.2. The molecule has 0 aliphatic carbocycles. The Balaban J connectivity index is 0.00000341. The second-order valence-corrected chi connectivity index (χ2v) is 7.10. The molecule has 2 N–H and O–H groups in total. The van der Waals surface area contributed by atoms with Gasteiger partial charge in [-0.15, -0.1) is 24.0 Å². The largest absolute Gasteiger partial charge is 0.433 e. The third-order valence-electron chi connectivity index (χ3n) is 4.97. The lowest BCUT2D eigenvalue weighted by Crippen LogP contribution is -2.44. The Morgan fingerprint density at radius 1 is 1.16 bits per heavy atom. The highest BCUT2D eigenvalue weighted by Gasteiger charge is 2.26. The topological polar surface area (TPSA) is 58.1 Å². The fourth-order valence-corrected chi connectivity index (χ4v) is 3.50. The van der Waals surface area contributed by atoms with Gasteiger partial charge in [-0.1, -0.05) is 36.4 Å². The fourth-order valence-electron chi connectivity index (χ4n) is 3.50. The summed E-state index contributed by atoms with van der Waals surface area (Å²) in [7, 11) is 3.41. The Hall–Kier alpha value is -2.14. The molecule has 0 radical (unpaired) electrons. The minimum atomic E-state index is -2.84. The molecule has 3 rings (SSSR count). The van der Waals surface area contributed by atoms with Gasteiger partial charge < -0.3 is 25.0 Å². The number of aliphatic imine (C=N–C) groups is 1. The number of nitrogens with one attached hydrogen (secondary N) is 2. The van der Waals surface area contributed by atoms with Crippen LogP contribution in [0.4, 0.5) is 14.5 Å². The predicted octanol–water partition coefficient (Wildman–Crippen LogP) is 4.00. The molecule has 1 unspecified atom stereocenters. The summed E-state index contributed by atoms with van der Waals surface area (Å²) in [6.45, 7) is -0.168. The van der Waals surface area contributed by atoms with E-state index in [0.717, 1.165) is 24.1 Å². The van der Waals surface area contributed by atoms with E-state index < -0.39 is 6.61 Å². The van der Waals surface area contributed by atoms with Crippen LogP contribution >= 0.6 is 24.0 Å². The summed E-state index contributed by atoms with van der Waals surface area (Å²) in [5.74, 6) is 0.910. The van der Waals surface area contributed by atoms with E-state index in [1.807, 2.05) is 18.2 Å². The van der Waals surface area contributed by atoms with Crippen molar-refractivity contribution in [2.75, 3.05) is 32.1 Å². The number of alkyl halides is 2. The second kappa shape index (κ2) is 12.7. The third kappa shape index (κ3) is 7.49.